The SMILES string of the molecule is CN(C)[C@@H]1[C@@H](NC(=O)c2cccc(CCC(C)(C)O)c2)[C@H]2CCO[C@H]21. The first kappa shape index (κ1) is 18.4. The number of rotatable bonds is 6. The number of carbonyl (C=O) groups is 1. The van der Waals surface area contributed by atoms with Gasteiger partial charge in [0.15, 0.2) is 0 Å². The van der Waals surface area contributed by atoms with Crippen LogP contribution < -0.4 is 5.32 Å². The quantitative estimate of drug-likeness (QED) is 0.825. The smallest absolute Gasteiger partial charge is 0.251 e. The first-order chi connectivity index (χ1) is 11.8. The van der Waals surface area contributed by atoms with E-state index >= 15 is 0 Å². The van der Waals surface area contributed by atoms with E-state index in [0.29, 0.717) is 17.9 Å². The predicted molar refractivity (Wildman–Crippen MR) is 97.6 cm³/mol. The van der Waals surface area contributed by atoms with Crippen molar-refractivity contribution in [3.63, 3.8) is 0 Å². The molecule has 1 aliphatic carbocycles. The number of hydrogen-bond donors (Lipinski definition) is 2. The van der Waals surface area contributed by atoms with Gasteiger partial charge in [0.1, 0.15) is 0 Å². The molecule has 0 radical (unpaired) electrons. The van der Waals surface area contributed by atoms with Crippen molar-refractivity contribution in [1.29, 1.82) is 0 Å². The summed E-state index contributed by atoms with van der Waals surface area (Å²) in [6.07, 6.45) is 2.70. The van der Waals surface area contributed by atoms with Gasteiger partial charge >= 0.3 is 0 Å². The van der Waals surface area contributed by atoms with Gasteiger partial charge in [-0.2, -0.15) is 0 Å². The number of ether oxygens (including phenoxy) is 1. The minimum atomic E-state index is -0.694. The van der Waals surface area contributed by atoms with Gasteiger partial charge in [-0.3, -0.25) is 4.79 Å². The second-order valence-electron chi connectivity index (χ2n) is 8.25. The molecule has 2 fully saturated rings. The van der Waals surface area contributed by atoms with Crippen molar-refractivity contribution in [3.05, 3.63) is 35.4 Å². The van der Waals surface area contributed by atoms with Gasteiger partial charge in [0, 0.05) is 18.1 Å². The number of benzene rings is 1. The van der Waals surface area contributed by atoms with Gasteiger partial charge < -0.3 is 20.1 Å². The number of nitrogens with zero attached hydrogens (tertiary/aromatic N) is 1. The molecule has 1 aromatic rings. The summed E-state index contributed by atoms with van der Waals surface area (Å²) >= 11 is 0. The standard InChI is InChI=1S/C20H30N2O3/c1-20(2,24)10-8-13-6-5-7-14(12-13)19(23)21-16-15-9-11-25-18(15)17(16)22(3)4/h5-7,12,15-18,24H,8-11H2,1-4H3,(H,21,23)/t15-,16+,17-,18-/m1/s1. The van der Waals surface area contributed by atoms with Crippen LogP contribution in [0.15, 0.2) is 24.3 Å². The summed E-state index contributed by atoms with van der Waals surface area (Å²) in [5.74, 6) is 0.405. The zero-order chi connectivity index (χ0) is 18.2. The van der Waals surface area contributed by atoms with E-state index < -0.39 is 5.60 Å². The highest BCUT2D eigenvalue weighted by atomic mass is 16.5. The van der Waals surface area contributed by atoms with Gasteiger partial charge in [-0.05, 0) is 64.9 Å². The number of nitrogens with one attached hydrogen (secondary N) is 1. The Bertz CT molecular complexity index is 624. The molecule has 1 amide bonds. The molecular weight excluding hydrogens is 316 g/mol. The maximum atomic E-state index is 12.7. The highest BCUT2D eigenvalue weighted by Crippen LogP contribution is 2.41. The van der Waals surface area contributed by atoms with Gasteiger partial charge in [-0.25, -0.2) is 0 Å². The summed E-state index contributed by atoms with van der Waals surface area (Å²) in [6, 6.07) is 8.11. The summed E-state index contributed by atoms with van der Waals surface area (Å²) in [6.45, 7) is 4.40. The molecule has 0 aromatic heterocycles. The third-order valence-corrected chi connectivity index (χ3v) is 5.46. The van der Waals surface area contributed by atoms with Crippen LogP contribution in [0.5, 0.6) is 0 Å². The Labute approximate surface area is 150 Å². The minimum Gasteiger partial charge on any atom is -0.390 e. The fourth-order valence-corrected chi connectivity index (χ4v) is 4.04. The molecule has 5 nitrogen and oxygen atoms in total. The van der Waals surface area contributed by atoms with Crippen LogP contribution in [-0.2, 0) is 11.2 Å². The maximum Gasteiger partial charge on any atom is 0.251 e. The van der Waals surface area contributed by atoms with Gasteiger partial charge in [0.25, 0.3) is 5.91 Å². The van der Waals surface area contributed by atoms with Gasteiger partial charge in [-0.1, -0.05) is 12.1 Å². The van der Waals surface area contributed by atoms with Gasteiger partial charge in [0.05, 0.1) is 23.8 Å². The zero-order valence-corrected chi connectivity index (χ0v) is 15.7. The topological polar surface area (TPSA) is 61.8 Å². The van der Waals surface area contributed by atoms with E-state index in [2.05, 4.69) is 10.2 Å². The Morgan fingerprint density at radius 3 is 2.84 bits per heavy atom. The lowest BCUT2D eigenvalue weighted by molar-refractivity contribution is -0.0664. The average Bonchev–Trinajstić information content (AvgIpc) is 2.93. The highest BCUT2D eigenvalue weighted by molar-refractivity contribution is 5.94. The van der Waals surface area contributed by atoms with E-state index in [9.17, 15) is 9.90 Å². The largest absolute Gasteiger partial charge is 0.390 e. The molecule has 0 spiro atoms. The average molecular weight is 346 g/mol. The Hall–Kier alpha value is -1.43. The molecule has 0 unspecified atom stereocenters. The number of carbonyl (C=O) groups excluding carboxylic acids is 1. The molecule has 3 rings (SSSR count). The molecule has 0 bridgehead atoms. The van der Waals surface area contributed by atoms with E-state index in [-0.39, 0.29) is 24.1 Å². The van der Waals surface area contributed by atoms with Crippen LogP contribution >= 0.6 is 0 Å². The van der Waals surface area contributed by atoms with Crippen molar-refractivity contribution in [3.8, 4) is 0 Å². The van der Waals surface area contributed by atoms with Crippen molar-refractivity contribution in [2.75, 3.05) is 20.7 Å². The monoisotopic (exact) mass is 346 g/mol. The van der Waals surface area contributed by atoms with Crippen LogP contribution in [0, 0.1) is 5.92 Å². The summed E-state index contributed by atoms with van der Waals surface area (Å²) in [5, 5.41) is 13.1. The van der Waals surface area contributed by atoms with Crippen molar-refractivity contribution in [2.24, 2.45) is 5.92 Å². The molecule has 1 saturated carbocycles. The van der Waals surface area contributed by atoms with Crippen LogP contribution in [0.2, 0.25) is 0 Å². The predicted octanol–water partition coefficient (Wildman–Crippen LogP) is 1.84. The third kappa shape index (κ3) is 4.05. The summed E-state index contributed by atoms with van der Waals surface area (Å²) in [4.78, 5) is 14.9. The van der Waals surface area contributed by atoms with E-state index in [0.717, 1.165) is 25.0 Å². The number of likely N-dealkylation sites (N-methyl/N-ethyl adjacent to an activating group) is 1. The van der Waals surface area contributed by atoms with E-state index in [1.165, 1.54) is 0 Å². The number of aryl methyl sites for hydroxylation is 1. The number of amides is 1. The van der Waals surface area contributed by atoms with Crippen molar-refractivity contribution < 1.29 is 14.6 Å². The van der Waals surface area contributed by atoms with E-state index in [1.54, 1.807) is 0 Å². The van der Waals surface area contributed by atoms with Crippen LogP contribution in [0.25, 0.3) is 0 Å². The molecular formula is C20H30N2O3. The van der Waals surface area contributed by atoms with Crippen LogP contribution in [0.1, 0.15) is 42.6 Å². The fourth-order valence-electron chi connectivity index (χ4n) is 4.04. The first-order valence-corrected chi connectivity index (χ1v) is 9.16. The van der Waals surface area contributed by atoms with Crippen molar-refractivity contribution in [2.45, 2.75) is 56.9 Å². The Balaban J connectivity index is 1.65. The second kappa shape index (κ2) is 7.06. The zero-order valence-electron chi connectivity index (χ0n) is 15.7. The lowest BCUT2D eigenvalue weighted by Crippen LogP contribution is -2.69. The molecule has 4 atom stereocenters. The van der Waals surface area contributed by atoms with E-state index in [4.69, 9.17) is 4.74 Å². The van der Waals surface area contributed by atoms with Gasteiger partial charge in [0.2, 0.25) is 0 Å². The maximum absolute atomic E-state index is 12.7. The van der Waals surface area contributed by atoms with Crippen LogP contribution in [0.4, 0.5) is 0 Å². The molecule has 1 saturated heterocycles. The molecule has 5 heteroatoms. The summed E-state index contributed by atoms with van der Waals surface area (Å²) < 4.78 is 5.81. The number of fused-ring (bicyclic) bond motifs is 1. The molecule has 2 N–H and O–H groups in total. The van der Waals surface area contributed by atoms with Crippen molar-refractivity contribution in [1.82, 2.24) is 10.2 Å². The Kier molecular flexibility index (Phi) is 5.19. The van der Waals surface area contributed by atoms with E-state index in [1.807, 2.05) is 52.2 Å². The summed E-state index contributed by atoms with van der Waals surface area (Å²) in [5.41, 5.74) is 1.07. The van der Waals surface area contributed by atoms with Crippen LogP contribution in [0.3, 0.4) is 0 Å². The van der Waals surface area contributed by atoms with Gasteiger partial charge in [-0.15, -0.1) is 0 Å². The molecule has 2 aliphatic rings. The number of aliphatic hydroxyl groups is 1. The molecule has 1 heterocycles. The lowest BCUT2D eigenvalue weighted by atomic mass is 9.71. The highest BCUT2D eigenvalue weighted by Gasteiger charge is 2.55. The Morgan fingerprint density at radius 2 is 2.16 bits per heavy atom. The number of hydrogen-bond acceptors (Lipinski definition) is 4. The minimum absolute atomic E-state index is 0.0210. The second-order valence-corrected chi connectivity index (χ2v) is 8.25. The molecule has 1 aliphatic heterocycles. The summed E-state index contributed by atoms with van der Waals surface area (Å²) in [7, 11) is 4.08. The Morgan fingerprint density at radius 1 is 1.40 bits per heavy atom. The molecule has 138 valence electrons. The normalized spacial score (nSPS) is 28.6. The molecule has 1 aromatic carbocycles. The lowest BCUT2D eigenvalue weighted by Gasteiger charge is -2.50. The fraction of sp³-hybridized carbons (Fsp3) is 0.650. The first-order valence-electron chi connectivity index (χ1n) is 9.16. The molecule has 25 heavy (non-hydrogen) atoms. The van der Waals surface area contributed by atoms with Crippen molar-refractivity contribution >= 4 is 5.91 Å². The third-order valence-electron chi connectivity index (χ3n) is 5.46. The van der Waals surface area contributed by atoms with Crippen LogP contribution in [-0.4, -0.2) is 60.4 Å².